The van der Waals surface area contributed by atoms with Gasteiger partial charge in [0.1, 0.15) is 5.01 Å². The van der Waals surface area contributed by atoms with E-state index in [1.165, 1.54) is 24.4 Å². The first-order valence-electron chi connectivity index (χ1n) is 6.52. The lowest BCUT2D eigenvalue weighted by molar-refractivity contribution is 0.105. The van der Waals surface area contributed by atoms with E-state index in [0.29, 0.717) is 18.0 Å². The summed E-state index contributed by atoms with van der Waals surface area (Å²) in [6, 6.07) is 1.02. The van der Waals surface area contributed by atoms with E-state index in [4.69, 9.17) is 11.6 Å². The van der Waals surface area contributed by atoms with Gasteiger partial charge in [-0.15, -0.1) is 22.9 Å². The third-order valence-corrected chi connectivity index (χ3v) is 5.19. The second-order valence-electron chi connectivity index (χ2n) is 5.21. The van der Waals surface area contributed by atoms with Crippen LogP contribution in [0.15, 0.2) is 5.38 Å². The molecular weight excluding hydrogens is 266 g/mol. The summed E-state index contributed by atoms with van der Waals surface area (Å²) in [7, 11) is 4.43. The van der Waals surface area contributed by atoms with Crippen molar-refractivity contribution in [2.75, 3.05) is 27.2 Å². The summed E-state index contributed by atoms with van der Waals surface area (Å²) in [6.45, 7) is 4.63. The van der Waals surface area contributed by atoms with E-state index in [-0.39, 0.29) is 0 Å². The van der Waals surface area contributed by atoms with Gasteiger partial charge in [0, 0.05) is 18.0 Å². The van der Waals surface area contributed by atoms with Crippen LogP contribution in [0.3, 0.4) is 0 Å². The molecule has 0 amide bonds. The van der Waals surface area contributed by atoms with Crippen LogP contribution in [0, 0.1) is 0 Å². The standard InChI is InChI=1S/C13H22ClN3S/c1-10(13-15-11(7-14)9-18-13)17(3)12-5-4-6-16(2)8-12/h9-10,12H,4-8H2,1-3H3. The van der Waals surface area contributed by atoms with Gasteiger partial charge < -0.3 is 4.90 Å². The van der Waals surface area contributed by atoms with Gasteiger partial charge in [-0.1, -0.05) is 0 Å². The Bertz CT molecular complexity index is 382. The Morgan fingerprint density at radius 1 is 1.67 bits per heavy atom. The number of thiazole rings is 1. The van der Waals surface area contributed by atoms with E-state index in [2.05, 4.69) is 41.2 Å². The molecule has 2 heterocycles. The molecular formula is C13H22ClN3S. The van der Waals surface area contributed by atoms with Gasteiger partial charge in [0.15, 0.2) is 0 Å². The molecule has 3 nitrogen and oxygen atoms in total. The van der Waals surface area contributed by atoms with Crippen LogP contribution in [0.25, 0.3) is 0 Å². The number of aromatic nitrogens is 1. The smallest absolute Gasteiger partial charge is 0.110 e. The molecule has 1 aliphatic rings. The Morgan fingerprint density at radius 2 is 2.44 bits per heavy atom. The van der Waals surface area contributed by atoms with Gasteiger partial charge in [-0.05, 0) is 40.4 Å². The fourth-order valence-corrected chi connectivity index (χ4v) is 3.69. The SMILES string of the molecule is CC(c1nc(CCl)cs1)N(C)C1CCCN(C)C1. The van der Waals surface area contributed by atoms with Crippen LogP contribution in [0.1, 0.15) is 36.5 Å². The molecule has 1 fully saturated rings. The molecule has 0 aliphatic carbocycles. The molecule has 0 N–H and O–H groups in total. The summed E-state index contributed by atoms with van der Waals surface area (Å²) in [5.41, 5.74) is 0.998. The minimum Gasteiger partial charge on any atom is -0.305 e. The van der Waals surface area contributed by atoms with E-state index >= 15 is 0 Å². The van der Waals surface area contributed by atoms with Crippen LogP contribution < -0.4 is 0 Å². The molecule has 2 rings (SSSR count). The van der Waals surface area contributed by atoms with E-state index in [1.54, 1.807) is 11.3 Å². The lowest BCUT2D eigenvalue weighted by Gasteiger charge is -2.38. The van der Waals surface area contributed by atoms with Crippen molar-refractivity contribution in [3.8, 4) is 0 Å². The molecule has 18 heavy (non-hydrogen) atoms. The summed E-state index contributed by atoms with van der Waals surface area (Å²) in [6.07, 6.45) is 2.59. The number of piperidine rings is 1. The zero-order chi connectivity index (χ0) is 13.1. The second kappa shape index (κ2) is 6.33. The summed E-state index contributed by atoms with van der Waals surface area (Å²) in [4.78, 5) is 9.48. The third-order valence-electron chi connectivity index (χ3n) is 3.85. The summed E-state index contributed by atoms with van der Waals surface area (Å²) < 4.78 is 0. The minimum absolute atomic E-state index is 0.378. The normalized spacial score (nSPS) is 23.5. The van der Waals surface area contributed by atoms with E-state index in [0.717, 1.165) is 12.2 Å². The first-order valence-corrected chi connectivity index (χ1v) is 7.94. The lowest BCUT2D eigenvalue weighted by atomic mass is 10.0. The van der Waals surface area contributed by atoms with Crippen LogP contribution in [0.4, 0.5) is 0 Å². The minimum atomic E-state index is 0.378. The van der Waals surface area contributed by atoms with Crippen LogP contribution in [-0.2, 0) is 5.88 Å². The van der Waals surface area contributed by atoms with Gasteiger partial charge in [0.05, 0.1) is 17.6 Å². The fraction of sp³-hybridized carbons (Fsp3) is 0.769. The Hall–Kier alpha value is -0.160. The second-order valence-corrected chi connectivity index (χ2v) is 6.37. The molecule has 1 aliphatic heterocycles. The number of hydrogen-bond acceptors (Lipinski definition) is 4. The van der Waals surface area contributed by atoms with Crippen molar-refractivity contribution in [3.05, 3.63) is 16.1 Å². The largest absolute Gasteiger partial charge is 0.305 e. The Kier molecular flexibility index (Phi) is 5.01. The van der Waals surface area contributed by atoms with Crippen LogP contribution in [-0.4, -0.2) is 48.0 Å². The molecule has 1 saturated heterocycles. The average molecular weight is 288 g/mol. The van der Waals surface area contributed by atoms with Crippen molar-refractivity contribution in [3.63, 3.8) is 0 Å². The van der Waals surface area contributed by atoms with E-state index in [1.807, 2.05) is 0 Å². The number of likely N-dealkylation sites (N-methyl/N-ethyl adjacent to an activating group) is 2. The fourth-order valence-electron chi connectivity index (χ4n) is 2.54. The number of nitrogens with zero attached hydrogens (tertiary/aromatic N) is 3. The number of halogens is 1. The van der Waals surface area contributed by atoms with Gasteiger partial charge in [0.25, 0.3) is 0 Å². The third kappa shape index (κ3) is 3.23. The number of rotatable bonds is 4. The van der Waals surface area contributed by atoms with Crippen LogP contribution in [0.2, 0.25) is 0 Å². The van der Waals surface area contributed by atoms with Crippen molar-refractivity contribution < 1.29 is 0 Å². The molecule has 102 valence electrons. The highest BCUT2D eigenvalue weighted by atomic mass is 35.5. The maximum Gasteiger partial charge on any atom is 0.110 e. The summed E-state index contributed by atoms with van der Waals surface area (Å²) in [5, 5.41) is 3.25. The highest BCUT2D eigenvalue weighted by Gasteiger charge is 2.26. The van der Waals surface area contributed by atoms with Gasteiger partial charge in [-0.25, -0.2) is 4.98 Å². The Balaban J connectivity index is 2.00. The van der Waals surface area contributed by atoms with E-state index in [9.17, 15) is 0 Å². The first-order chi connectivity index (χ1) is 8.61. The molecule has 1 aromatic rings. The zero-order valence-electron chi connectivity index (χ0n) is 11.4. The highest BCUT2D eigenvalue weighted by molar-refractivity contribution is 7.09. The maximum absolute atomic E-state index is 5.82. The highest BCUT2D eigenvalue weighted by Crippen LogP contribution is 2.27. The van der Waals surface area contributed by atoms with Crippen molar-refractivity contribution in [2.24, 2.45) is 0 Å². The number of likely N-dealkylation sites (tertiary alicyclic amines) is 1. The zero-order valence-corrected chi connectivity index (χ0v) is 13.0. The monoisotopic (exact) mass is 287 g/mol. The van der Waals surface area contributed by atoms with Gasteiger partial charge >= 0.3 is 0 Å². The predicted molar refractivity (Wildman–Crippen MR) is 78.4 cm³/mol. The van der Waals surface area contributed by atoms with Gasteiger partial charge in [0.2, 0.25) is 0 Å². The quantitative estimate of drug-likeness (QED) is 0.794. The van der Waals surface area contributed by atoms with Crippen molar-refractivity contribution in [1.29, 1.82) is 0 Å². The molecule has 0 aromatic carbocycles. The molecule has 0 spiro atoms. The predicted octanol–water partition coefficient (Wildman–Crippen LogP) is 2.97. The van der Waals surface area contributed by atoms with Crippen LogP contribution >= 0.6 is 22.9 Å². The molecule has 2 unspecified atom stereocenters. The molecule has 5 heteroatoms. The van der Waals surface area contributed by atoms with Crippen LogP contribution in [0.5, 0.6) is 0 Å². The maximum atomic E-state index is 5.82. The summed E-state index contributed by atoms with van der Waals surface area (Å²) >= 11 is 7.54. The Labute approximate surface area is 119 Å². The van der Waals surface area contributed by atoms with Crippen molar-refractivity contribution >= 4 is 22.9 Å². The van der Waals surface area contributed by atoms with Gasteiger partial charge in [-0.3, -0.25) is 4.90 Å². The Morgan fingerprint density at radius 3 is 3.06 bits per heavy atom. The topological polar surface area (TPSA) is 19.4 Å². The molecule has 0 bridgehead atoms. The van der Waals surface area contributed by atoms with E-state index < -0.39 is 0 Å². The average Bonchev–Trinajstić information content (AvgIpc) is 2.85. The lowest BCUT2D eigenvalue weighted by Crippen LogP contribution is -2.45. The first kappa shape index (κ1) is 14.3. The molecule has 2 atom stereocenters. The van der Waals surface area contributed by atoms with Gasteiger partial charge in [-0.2, -0.15) is 0 Å². The van der Waals surface area contributed by atoms with Crippen molar-refractivity contribution in [1.82, 2.24) is 14.8 Å². The van der Waals surface area contributed by atoms with Crippen molar-refractivity contribution in [2.45, 2.75) is 37.7 Å². The summed E-state index contributed by atoms with van der Waals surface area (Å²) in [5.74, 6) is 0.513. The molecule has 0 saturated carbocycles. The molecule has 1 aromatic heterocycles. The molecule has 0 radical (unpaired) electrons. The number of alkyl halides is 1. The number of hydrogen-bond donors (Lipinski definition) is 0.